The van der Waals surface area contributed by atoms with Crippen molar-refractivity contribution in [3.8, 4) is 28.3 Å². The van der Waals surface area contributed by atoms with Crippen molar-refractivity contribution in [2.75, 3.05) is 9.80 Å². The van der Waals surface area contributed by atoms with Gasteiger partial charge >= 0.3 is 0 Å². The van der Waals surface area contributed by atoms with Gasteiger partial charge in [0.15, 0.2) is 0 Å². The molecule has 0 saturated carbocycles. The highest BCUT2D eigenvalue weighted by molar-refractivity contribution is 7.01. The Bertz CT molecular complexity index is 2880. The Balaban J connectivity index is 1.07. The normalized spacial score (nSPS) is 13.3. The summed E-state index contributed by atoms with van der Waals surface area (Å²) < 4.78 is 9.37. The van der Waals surface area contributed by atoms with Gasteiger partial charge in [-0.3, -0.25) is 0 Å². The SMILES string of the molecule is c1ccc(N2c3cccc4c3B3c5c(cc(-c6ccc(-n7c8ccccc8c8ccccc87)cc6)cc5N(c5ccccc5)c5cccc2c53)O4)cc1. The van der Waals surface area contributed by atoms with Crippen molar-refractivity contribution >= 4 is 79.0 Å². The second-order valence-electron chi connectivity index (χ2n) is 14.1. The van der Waals surface area contributed by atoms with Crippen molar-refractivity contribution in [1.29, 1.82) is 0 Å². The molecule has 0 fully saturated rings. The monoisotopic (exact) mass is 675 g/mol. The van der Waals surface area contributed by atoms with E-state index in [2.05, 4.69) is 196 Å². The first kappa shape index (κ1) is 28.7. The number of fused-ring (bicyclic) bond motifs is 3. The molecule has 246 valence electrons. The summed E-state index contributed by atoms with van der Waals surface area (Å²) in [4.78, 5) is 4.85. The van der Waals surface area contributed by atoms with E-state index in [1.807, 2.05) is 0 Å². The largest absolute Gasteiger partial charge is 0.458 e. The van der Waals surface area contributed by atoms with E-state index in [1.165, 1.54) is 49.6 Å². The Hall–Kier alpha value is -6.98. The molecule has 9 aromatic rings. The van der Waals surface area contributed by atoms with Crippen LogP contribution in [0.5, 0.6) is 11.5 Å². The van der Waals surface area contributed by atoms with E-state index >= 15 is 0 Å². The maximum absolute atomic E-state index is 7.00. The molecule has 0 unspecified atom stereocenters. The molecule has 12 rings (SSSR count). The Kier molecular flexibility index (Phi) is 5.83. The lowest BCUT2D eigenvalue weighted by atomic mass is 9.32. The van der Waals surface area contributed by atoms with E-state index in [1.54, 1.807) is 0 Å². The van der Waals surface area contributed by atoms with E-state index < -0.39 is 0 Å². The van der Waals surface area contributed by atoms with Crippen molar-refractivity contribution in [3.05, 3.63) is 182 Å². The van der Waals surface area contributed by atoms with E-state index in [-0.39, 0.29) is 6.71 Å². The number of benzene rings is 8. The Morgan fingerprint density at radius 2 is 0.887 bits per heavy atom. The highest BCUT2D eigenvalue weighted by atomic mass is 16.5. The summed E-state index contributed by atoms with van der Waals surface area (Å²) in [6, 6.07) is 65.7. The standard InChI is InChI=1S/C48H30BN3O/c1-3-13-33(14-4-1)51-40-21-11-22-41-46(40)49-47-42(51)23-12-24-44(47)53-45-30-32(29-43(48(45)49)52(41)34-15-5-2-6-16-34)31-25-27-35(28-26-31)50-38-19-9-7-17-36(38)37-18-8-10-20-39(37)50/h1-30H. The highest BCUT2D eigenvalue weighted by Crippen LogP contribution is 2.49. The zero-order valence-corrected chi connectivity index (χ0v) is 28.6. The van der Waals surface area contributed by atoms with Gasteiger partial charge in [0.25, 0.3) is 6.71 Å². The molecule has 3 aliphatic rings. The van der Waals surface area contributed by atoms with Gasteiger partial charge in [-0.15, -0.1) is 0 Å². The first-order valence-corrected chi connectivity index (χ1v) is 18.2. The van der Waals surface area contributed by atoms with Crippen LogP contribution in [0.2, 0.25) is 0 Å². The van der Waals surface area contributed by atoms with Crippen molar-refractivity contribution in [3.63, 3.8) is 0 Å². The topological polar surface area (TPSA) is 20.6 Å². The fourth-order valence-corrected chi connectivity index (χ4v) is 9.20. The number of hydrogen-bond acceptors (Lipinski definition) is 3. The van der Waals surface area contributed by atoms with E-state index in [4.69, 9.17) is 4.74 Å². The number of ether oxygens (including phenoxy) is 1. The minimum atomic E-state index is 0.0396. The van der Waals surface area contributed by atoms with Crippen LogP contribution in [-0.2, 0) is 0 Å². The molecular formula is C48H30BN3O. The van der Waals surface area contributed by atoms with Crippen LogP contribution in [0.15, 0.2) is 182 Å². The Morgan fingerprint density at radius 1 is 0.358 bits per heavy atom. The number of anilines is 6. The summed E-state index contributed by atoms with van der Waals surface area (Å²) in [5.74, 6) is 1.83. The van der Waals surface area contributed by atoms with Gasteiger partial charge in [0.05, 0.1) is 11.0 Å². The molecule has 1 aromatic heterocycles. The van der Waals surface area contributed by atoms with Crippen LogP contribution in [-0.4, -0.2) is 11.3 Å². The van der Waals surface area contributed by atoms with Crippen LogP contribution in [0.4, 0.5) is 34.1 Å². The molecule has 3 aliphatic heterocycles. The first-order chi connectivity index (χ1) is 26.3. The van der Waals surface area contributed by atoms with Gasteiger partial charge in [0.1, 0.15) is 11.5 Å². The third-order valence-corrected chi connectivity index (χ3v) is 11.3. The third-order valence-electron chi connectivity index (χ3n) is 11.3. The molecule has 4 nitrogen and oxygen atoms in total. The van der Waals surface area contributed by atoms with Crippen LogP contribution in [0.3, 0.4) is 0 Å². The zero-order chi connectivity index (χ0) is 34.6. The third kappa shape index (κ3) is 3.96. The number of nitrogens with zero attached hydrogens (tertiary/aromatic N) is 3. The maximum Gasteiger partial charge on any atom is 0.261 e. The summed E-state index contributed by atoms with van der Waals surface area (Å²) in [7, 11) is 0. The second-order valence-corrected chi connectivity index (χ2v) is 14.1. The van der Waals surface area contributed by atoms with Crippen molar-refractivity contribution in [2.45, 2.75) is 0 Å². The van der Waals surface area contributed by atoms with Gasteiger partial charge in [0.2, 0.25) is 0 Å². The highest BCUT2D eigenvalue weighted by Gasteiger charge is 2.48. The van der Waals surface area contributed by atoms with Gasteiger partial charge < -0.3 is 19.1 Å². The van der Waals surface area contributed by atoms with Crippen LogP contribution >= 0.6 is 0 Å². The molecule has 0 atom stereocenters. The van der Waals surface area contributed by atoms with Crippen molar-refractivity contribution < 1.29 is 4.74 Å². The summed E-state index contributed by atoms with van der Waals surface area (Å²) in [6.45, 7) is 0.0396. The molecule has 0 bridgehead atoms. The lowest BCUT2D eigenvalue weighted by molar-refractivity contribution is 0.488. The average molecular weight is 676 g/mol. The van der Waals surface area contributed by atoms with Gasteiger partial charge in [-0.25, -0.2) is 0 Å². The molecule has 0 saturated heterocycles. The molecule has 0 radical (unpaired) electrons. The Morgan fingerprint density at radius 3 is 1.53 bits per heavy atom. The Labute approximate surface area is 307 Å². The van der Waals surface area contributed by atoms with Gasteiger partial charge in [-0.2, -0.15) is 0 Å². The van der Waals surface area contributed by atoms with Gasteiger partial charge in [-0.1, -0.05) is 97.1 Å². The van der Waals surface area contributed by atoms with Crippen LogP contribution in [0.25, 0.3) is 38.6 Å². The molecule has 0 aliphatic carbocycles. The number of rotatable bonds is 4. The number of aromatic nitrogens is 1. The van der Waals surface area contributed by atoms with Crippen LogP contribution < -0.4 is 30.9 Å². The molecular weight excluding hydrogens is 645 g/mol. The molecule has 0 N–H and O–H groups in total. The number of hydrogen-bond donors (Lipinski definition) is 0. The predicted octanol–water partition coefficient (Wildman–Crippen LogP) is 10.6. The van der Waals surface area contributed by atoms with Crippen LogP contribution in [0.1, 0.15) is 0 Å². The van der Waals surface area contributed by atoms with Crippen LogP contribution in [0, 0.1) is 0 Å². The lowest BCUT2D eigenvalue weighted by Gasteiger charge is -2.46. The molecule has 5 heteroatoms. The smallest absolute Gasteiger partial charge is 0.261 e. The minimum absolute atomic E-state index is 0.0396. The fraction of sp³-hybridized carbons (Fsp3) is 0. The second kappa shape index (κ2) is 10.8. The summed E-state index contributed by atoms with van der Waals surface area (Å²) in [5, 5.41) is 2.53. The summed E-state index contributed by atoms with van der Waals surface area (Å²) >= 11 is 0. The van der Waals surface area contributed by atoms with E-state index in [0.29, 0.717) is 0 Å². The predicted molar refractivity (Wildman–Crippen MR) is 220 cm³/mol. The molecule has 0 amide bonds. The van der Waals surface area contributed by atoms with Gasteiger partial charge in [0, 0.05) is 50.6 Å². The fourth-order valence-electron chi connectivity index (χ4n) is 9.20. The van der Waals surface area contributed by atoms with E-state index in [9.17, 15) is 0 Å². The van der Waals surface area contributed by atoms with Crippen molar-refractivity contribution in [2.24, 2.45) is 0 Å². The molecule has 53 heavy (non-hydrogen) atoms. The molecule has 0 spiro atoms. The average Bonchev–Trinajstić information content (AvgIpc) is 3.56. The summed E-state index contributed by atoms with van der Waals surface area (Å²) in [6.07, 6.45) is 0. The lowest BCUT2D eigenvalue weighted by Crippen LogP contribution is -2.63. The zero-order valence-electron chi connectivity index (χ0n) is 28.6. The van der Waals surface area contributed by atoms with E-state index in [0.717, 1.165) is 51.1 Å². The first-order valence-electron chi connectivity index (χ1n) is 18.2. The molecule has 4 heterocycles. The summed E-state index contributed by atoms with van der Waals surface area (Å²) in [5.41, 5.74) is 16.5. The van der Waals surface area contributed by atoms with Gasteiger partial charge in [-0.05, 0) is 112 Å². The number of para-hydroxylation sites is 4. The maximum atomic E-state index is 7.00. The molecule has 8 aromatic carbocycles. The van der Waals surface area contributed by atoms with Crippen molar-refractivity contribution in [1.82, 2.24) is 4.57 Å². The minimum Gasteiger partial charge on any atom is -0.458 e. The quantitative estimate of drug-likeness (QED) is 0.173.